The largest absolute Gasteiger partial charge is 0.504 e. The number of phenols is 1. The van der Waals surface area contributed by atoms with Gasteiger partial charge in [-0.25, -0.2) is 0 Å². The molecule has 3 atom stereocenters. The third kappa shape index (κ3) is 2.66. The SMILES string of the molecule is COc1cccc([C@@H]2c3cc4c(cc3O[C@H](N3CCCC3)[C@H]2C)OCO4)c1O. The van der Waals surface area contributed by atoms with Crippen LogP contribution in [0, 0.1) is 5.92 Å². The molecule has 0 radical (unpaired) electrons. The van der Waals surface area contributed by atoms with Gasteiger partial charge < -0.3 is 24.1 Å². The Morgan fingerprint density at radius 2 is 1.79 bits per heavy atom. The molecular weight excluding hydrogens is 358 g/mol. The predicted octanol–water partition coefficient (Wildman–Crippen LogP) is 3.71. The second kappa shape index (κ2) is 6.78. The van der Waals surface area contributed by atoms with E-state index < -0.39 is 0 Å². The molecule has 6 heteroatoms. The Morgan fingerprint density at radius 1 is 1.04 bits per heavy atom. The van der Waals surface area contributed by atoms with Gasteiger partial charge in [0.25, 0.3) is 0 Å². The molecule has 1 saturated heterocycles. The second-order valence-electron chi connectivity index (χ2n) is 7.73. The molecule has 2 aromatic rings. The van der Waals surface area contributed by atoms with Gasteiger partial charge in [0, 0.05) is 42.1 Å². The maximum absolute atomic E-state index is 10.9. The van der Waals surface area contributed by atoms with Crippen molar-refractivity contribution in [2.45, 2.75) is 31.9 Å². The minimum atomic E-state index is -0.0500. The first kappa shape index (κ1) is 17.5. The lowest BCUT2D eigenvalue weighted by Gasteiger charge is -2.42. The zero-order valence-electron chi connectivity index (χ0n) is 16.2. The van der Waals surface area contributed by atoms with E-state index in [9.17, 15) is 5.11 Å². The lowest BCUT2D eigenvalue weighted by Crippen LogP contribution is -2.47. The van der Waals surface area contributed by atoms with E-state index in [1.807, 2.05) is 24.3 Å². The van der Waals surface area contributed by atoms with Crippen LogP contribution in [0.3, 0.4) is 0 Å². The van der Waals surface area contributed by atoms with Crippen LogP contribution in [0.5, 0.6) is 28.7 Å². The Bertz CT molecular complexity index is 893. The number of benzene rings is 2. The lowest BCUT2D eigenvalue weighted by atomic mass is 9.77. The number of aromatic hydroxyl groups is 1. The van der Waals surface area contributed by atoms with Crippen molar-refractivity contribution in [2.75, 3.05) is 27.0 Å². The number of nitrogens with zero attached hydrogens (tertiary/aromatic N) is 1. The van der Waals surface area contributed by atoms with Crippen molar-refractivity contribution in [1.82, 2.24) is 4.90 Å². The van der Waals surface area contributed by atoms with Crippen LogP contribution in [0.15, 0.2) is 30.3 Å². The fourth-order valence-electron chi connectivity index (χ4n) is 4.78. The number of para-hydroxylation sites is 1. The van der Waals surface area contributed by atoms with E-state index in [-0.39, 0.29) is 30.6 Å². The molecule has 3 aliphatic rings. The van der Waals surface area contributed by atoms with Gasteiger partial charge in [-0.15, -0.1) is 0 Å². The Kier molecular flexibility index (Phi) is 4.23. The Morgan fingerprint density at radius 3 is 2.54 bits per heavy atom. The van der Waals surface area contributed by atoms with E-state index in [0.717, 1.165) is 35.7 Å². The topological polar surface area (TPSA) is 60.4 Å². The van der Waals surface area contributed by atoms with Crippen LogP contribution in [0.4, 0.5) is 0 Å². The summed E-state index contributed by atoms with van der Waals surface area (Å²) in [5, 5.41) is 10.9. The van der Waals surface area contributed by atoms with E-state index in [4.69, 9.17) is 18.9 Å². The molecule has 1 fully saturated rings. The number of rotatable bonds is 3. The molecule has 3 aliphatic heterocycles. The summed E-state index contributed by atoms with van der Waals surface area (Å²) in [6.07, 6.45) is 2.33. The summed E-state index contributed by atoms with van der Waals surface area (Å²) >= 11 is 0. The third-order valence-corrected chi connectivity index (χ3v) is 6.15. The maximum atomic E-state index is 10.9. The van der Waals surface area contributed by atoms with Crippen LogP contribution < -0.4 is 18.9 Å². The molecule has 0 aliphatic carbocycles. The van der Waals surface area contributed by atoms with E-state index in [0.29, 0.717) is 11.5 Å². The van der Waals surface area contributed by atoms with Crippen LogP contribution >= 0.6 is 0 Å². The van der Waals surface area contributed by atoms with Crippen molar-refractivity contribution in [1.29, 1.82) is 0 Å². The highest BCUT2D eigenvalue weighted by molar-refractivity contribution is 5.59. The highest BCUT2D eigenvalue weighted by Gasteiger charge is 2.42. The molecule has 0 amide bonds. The number of ether oxygens (including phenoxy) is 4. The second-order valence-corrected chi connectivity index (χ2v) is 7.73. The minimum absolute atomic E-state index is 0.0426. The van der Waals surface area contributed by atoms with Crippen LogP contribution in [-0.4, -0.2) is 43.2 Å². The molecule has 28 heavy (non-hydrogen) atoms. The summed E-state index contributed by atoms with van der Waals surface area (Å²) in [6.45, 7) is 4.48. The van der Waals surface area contributed by atoms with Gasteiger partial charge >= 0.3 is 0 Å². The fraction of sp³-hybridized carbons (Fsp3) is 0.455. The highest BCUT2D eigenvalue weighted by atomic mass is 16.7. The summed E-state index contributed by atoms with van der Waals surface area (Å²) < 4.78 is 23.0. The first-order chi connectivity index (χ1) is 13.7. The molecule has 0 spiro atoms. The van der Waals surface area contributed by atoms with Gasteiger partial charge in [-0.05, 0) is 25.0 Å². The maximum Gasteiger partial charge on any atom is 0.231 e. The van der Waals surface area contributed by atoms with E-state index in [1.165, 1.54) is 12.8 Å². The van der Waals surface area contributed by atoms with Crippen molar-refractivity contribution in [3.8, 4) is 28.7 Å². The fourth-order valence-corrected chi connectivity index (χ4v) is 4.78. The van der Waals surface area contributed by atoms with Gasteiger partial charge in [-0.1, -0.05) is 19.1 Å². The zero-order chi connectivity index (χ0) is 19.3. The summed E-state index contributed by atoms with van der Waals surface area (Å²) in [4.78, 5) is 2.41. The van der Waals surface area contributed by atoms with Crippen molar-refractivity contribution >= 4 is 0 Å². The summed E-state index contributed by atoms with van der Waals surface area (Å²) in [5.41, 5.74) is 1.86. The molecule has 0 unspecified atom stereocenters. The van der Waals surface area contributed by atoms with Crippen molar-refractivity contribution < 1.29 is 24.1 Å². The molecule has 0 bridgehead atoms. The summed E-state index contributed by atoms with van der Waals surface area (Å²) in [7, 11) is 1.57. The monoisotopic (exact) mass is 383 g/mol. The van der Waals surface area contributed by atoms with E-state index in [1.54, 1.807) is 13.2 Å². The van der Waals surface area contributed by atoms with Gasteiger partial charge in [-0.3, -0.25) is 4.90 Å². The number of hydrogen-bond acceptors (Lipinski definition) is 6. The summed E-state index contributed by atoms with van der Waals surface area (Å²) in [6, 6.07) is 9.60. The van der Waals surface area contributed by atoms with Gasteiger partial charge in [0.15, 0.2) is 29.2 Å². The summed E-state index contributed by atoms with van der Waals surface area (Å²) in [5.74, 6) is 3.00. The van der Waals surface area contributed by atoms with Crippen LogP contribution in [0.2, 0.25) is 0 Å². The molecule has 6 nitrogen and oxygen atoms in total. The first-order valence-corrected chi connectivity index (χ1v) is 9.87. The Hall–Kier alpha value is -2.60. The predicted molar refractivity (Wildman–Crippen MR) is 103 cm³/mol. The third-order valence-electron chi connectivity index (χ3n) is 6.15. The van der Waals surface area contributed by atoms with Gasteiger partial charge in [0.2, 0.25) is 6.79 Å². The van der Waals surface area contributed by atoms with E-state index >= 15 is 0 Å². The average Bonchev–Trinajstić information content (AvgIpc) is 3.38. The highest BCUT2D eigenvalue weighted by Crippen LogP contribution is 2.52. The van der Waals surface area contributed by atoms with E-state index in [2.05, 4.69) is 11.8 Å². The lowest BCUT2D eigenvalue weighted by molar-refractivity contribution is -0.0180. The molecular formula is C22H25NO5. The molecule has 148 valence electrons. The van der Waals surface area contributed by atoms with Crippen molar-refractivity contribution in [3.05, 3.63) is 41.5 Å². The molecule has 0 aromatic heterocycles. The van der Waals surface area contributed by atoms with Crippen LogP contribution in [0.25, 0.3) is 0 Å². The molecule has 1 N–H and O–H groups in total. The van der Waals surface area contributed by atoms with Crippen LogP contribution in [-0.2, 0) is 0 Å². The molecule has 5 rings (SSSR count). The number of likely N-dealkylation sites (tertiary alicyclic amines) is 1. The molecule has 3 heterocycles. The first-order valence-electron chi connectivity index (χ1n) is 9.87. The normalized spacial score (nSPS) is 26.0. The minimum Gasteiger partial charge on any atom is -0.504 e. The number of hydrogen-bond donors (Lipinski definition) is 1. The Labute approximate surface area is 164 Å². The van der Waals surface area contributed by atoms with Crippen LogP contribution in [0.1, 0.15) is 36.8 Å². The van der Waals surface area contributed by atoms with Crippen molar-refractivity contribution in [3.63, 3.8) is 0 Å². The number of phenolic OH excluding ortho intramolecular Hbond substituents is 1. The smallest absolute Gasteiger partial charge is 0.231 e. The zero-order valence-corrected chi connectivity index (χ0v) is 16.2. The van der Waals surface area contributed by atoms with Crippen molar-refractivity contribution in [2.24, 2.45) is 5.92 Å². The van der Waals surface area contributed by atoms with Gasteiger partial charge in [0.1, 0.15) is 5.75 Å². The van der Waals surface area contributed by atoms with Gasteiger partial charge in [0.05, 0.1) is 7.11 Å². The number of fused-ring (bicyclic) bond motifs is 2. The molecule has 2 aromatic carbocycles. The standard InChI is InChI=1S/C22H25NO5/c1-13-20(14-6-5-7-16(25-2)21(14)24)15-10-18-19(27-12-26-18)11-17(15)28-22(13)23-8-3-4-9-23/h5-7,10-11,13,20,22,24H,3-4,8-9,12H2,1-2H3/t13-,20+,22-/m0/s1. The number of methoxy groups -OCH3 is 1. The Balaban J connectivity index is 1.65. The average molecular weight is 383 g/mol. The van der Waals surface area contributed by atoms with Gasteiger partial charge in [-0.2, -0.15) is 0 Å². The molecule has 0 saturated carbocycles. The quantitative estimate of drug-likeness (QED) is 0.872.